The summed E-state index contributed by atoms with van der Waals surface area (Å²) < 4.78 is 0. The number of rotatable bonds is 4. The normalized spacial score (nSPS) is 26.0. The summed E-state index contributed by atoms with van der Waals surface area (Å²) in [4.78, 5) is 0. The first-order valence-corrected chi connectivity index (χ1v) is 5.28. The van der Waals surface area contributed by atoms with Crippen LogP contribution in [-0.2, 0) is 0 Å². The van der Waals surface area contributed by atoms with E-state index >= 15 is 0 Å². The Hall–Kier alpha value is -0.0800. The fourth-order valence-corrected chi connectivity index (χ4v) is 1.89. The average Bonchev–Trinajstić information content (AvgIpc) is 2.09. The summed E-state index contributed by atoms with van der Waals surface area (Å²) in [6.45, 7) is 2.98. The van der Waals surface area contributed by atoms with Gasteiger partial charge in [-0.15, -0.1) is 0 Å². The van der Waals surface area contributed by atoms with E-state index in [0.717, 1.165) is 25.8 Å². The third-order valence-electron chi connectivity index (χ3n) is 2.71. The molecule has 1 unspecified atom stereocenters. The van der Waals surface area contributed by atoms with Crippen LogP contribution in [0, 0.1) is 5.21 Å². The molecule has 2 heteroatoms. The zero-order chi connectivity index (χ0) is 8.81. The van der Waals surface area contributed by atoms with E-state index in [1.807, 2.05) is 0 Å². The van der Waals surface area contributed by atoms with E-state index in [-0.39, 0.29) is 0 Å². The molecule has 0 radical (unpaired) electrons. The highest BCUT2D eigenvalue weighted by Crippen LogP contribution is 2.20. The van der Waals surface area contributed by atoms with Crippen LogP contribution in [0.2, 0.25) is 0 Å². The van der Waals surface area contributed by atoms with Crippen LogP contribution in [0.5, 0.6) is 0 Å². The van der Waals surface area contributed by atoms with Crippen LogP contribution in [0.1, 0.15) is 51.9 Å². The summed E-state index contributed by atoms with van der Waals surface area (Å²) in [6, 6.07) is 0.352. The van der Waals surface area contributed by atoms with E-state index in [1.54, 1.807) is 0 Å². The average molecular weight is 170 g/mol. The van der Waals surface area contributed by atoms with Gasteiger partial charge < -0.3 is 10.3 Å². The lowest BCUT2D eigenvalue weighted by Gasteiger charge is -2.41. The molecule has 0 aliphatic carbocycles. The number of unbranched alkanes of at least 4 members (excludes halogenated alkanes) is 2. The van der Waals surface area contributed by atoms with Crippen LogP contribution >= 0.6 is 0 Å². The molecule has 0 aromatic carbocycles. The van der Waals surface area contributed by atoms with Crippen molar-refractivity contribution in [2.24, 2.45) is 0 Å². The van der Waals surface area contributed by atoms with Crippen molar-refractivity contribution in [3.8, 4) is 0 Å². The van der Waals surface area contributed by atoms with Crippen molar-refractivity contribution >= 4 is 0 Å². The largest absolute Gasteiger partial charge is 0.785 e. The van der Waals surface area contributed by atoms with E-state index in [1.165, 1.54) is 30.7 Å². The molecule has 72 valence electrons. The molecule has 1 rings (SSSR count). The number of hydrogen-bond acceptors (Lipinski definition) is 2. The van der Waals surface area contributed by atoms with Gasteiger partial charge >= 0.3 is 0 Å². The van der Waals surface area contributed by atoms with Gasteiger partial charge in [-0.3, -0.25) is 0 Å². The van der Waals surface area contributed by atoms with Crippen molar-refractivity contribution in [1.29, 1.82) is 0 Å². The summed E-state index contributed by atoms with van der Waals surface area (Å²) in [7, 11) is 0. The van der Waals surface area contributed by atoms with Gasteiger partial charge in [-0.1, -0.05) is 32.6 Å². The Labute approximate surface area is 75.5 Å². The van der Waals surface area contributed by atoms with Gasteiger partial charge in [-0.2, -0.15) is 0 Å². The van der Waals surface area contributed by atoms with E-state index in [9.17, 15) is 5.21 Å². The maximum absolute atomic E-state index is 11.3. The Bertz CT molecular complexity index is 116. The molecular formula is C10H20NO-. The fraction of sp³-hybridized carbons (Fsp3) is 1.00. The third kappa shape index (κ3) is 3.11. The number of piperidine rings is 1. The van der Waals surface area contributed by atoms with Gasteiger partial charge in [0.2, 0.25) is 0 Å². The molecule has 12 heavy (non-hydrogen) atoms. The van der Waals surface area contributed by atoms with Crippen molar-refractivity contribution < 1.29 is 0 Å². The summed E-state index contributed by atoms with van der Waals surface area (Å²) in [5.74, 6) is 0. The van der Waals surface area contributed by atoms with E-state index in [2.05, 4.69) is 6.92 Å². The molecule has 0 saturated carbocycles. The highest BCUT2D eigenvalue weighted by molar-refractivity contribution is 4.76. The van der Waals surface area contributed by atoms with Gasteiger partial charge in [0.15, 0.2) is 0 Å². The van der Waals surface area contributed by atoms with E-state index in [0.29, 0.717) is 6.04 Å². The number of hydrogen-bond donors (Lipinski definition) is 0. The molecule has 1 heterocycles. The van der Waals surface area contributed by atoms with Gasteiger partial charge in [0, 0.05) is 0 Å². The molecular weight excluding hydrogens is 150 g/mol. The number of nitrogens with zero attached hydrogens (tertiary/aromatic N) is 1. The van der Waals surface area contributed by atoms with Crippen LogP contribution in [-0.4, -0.2) is 17.6 Å². The second kappa shape index (κ2) is 5.55. The highest BCUT2D eigenvalue weighted by atomic mass is 16.5. The molecule has 1 atom stereocenters. The van der Waals surface area contributed by atoms with E-state index in [4.69, 9.17) is 0 Å². The minimum absolute atomic E-state index is 0.352. The van der Waals surface area contributed by atoms with Crippen LogP contribution in [0.15, 0.2) is 0 Å². The summed E-state index contributed by atoms with van der Waals surface area (Å²) in [5, 5.41) is 12.6. The van der Waals surface area contributed by atoms with Crippen molar-refractivity contribution in [2.75, 3.05) is 6.54 Å². The smallest absolute Gasteiger partial charge is 0.00262 e. The van der Waals surface area contributed by atoms with Crippen molar-refractivity contribution in [3.63, 3.8) is 0 Å². The Morgan fingerprint density at radius 1 is 1.33 bits per heavy atom. The Balaban J connectivity index is 2.11. The lowest BCUT2D eigenvalue weighted by Crippen LogP contribution is -2.34. The molecule has 0 spiro atoms. The lowest BCUT2D eigenvalue weighted by atomic mass is 9.99. The standard InChI is InChI=1S/C10H20NO/c1-2-3-4-7-10-8-5-6-9-11(10)12/h10H,2-9H2,1H3/q-1. The minimum atomic E-state index is 0.352. The Kier molecular flexibility index (Phi) is 4.62. The topological polar surface area (TPSA) is 26.3 Å². The van der Waals surface area contributed by atoms with Crippen LogP contribution in [0.3, 0.4) is 0 Å². The van der Waals surface area contributed by atoms with Gasteiger partial charge in [-0.05, 0) is 31.8 Å². The van der Waals surface area contributed by atoms with Gasteiger partial charge in [0.05, 0.1) is 0 Å². The van der Waals surface area contributed by atoms with Crippen molar-refractivity contribution in [3.05, 3.63) is 5.21 Å². The van der Waals surface area contributed by atoms with Gasteiger partial charge in [0.1, 0.15) is 0 Å². The van der Waals surface area contributed by atoms with E-state index < -0.39 is 0 Å². The molecule has 0 bridgehead atoms. The van der Waals surface area contributed by atoms with Crippen LogP contribution in [0.25, 0.3) is 0 Å². The minimum Gasteiger partial charge on any atom is -0.785 e. The second-order valence-corrected chi connectivity index (χ2v) is 3.79. The maximum Gasteiger partial charge on any atom is -0.00262 e. The molecule has 1 aliphatic heterocycles. The Morgan fingerprint density at radius 2 is 2.17 bits per heavy atom. The summed E-state index contributed by atoms with van der Waals surface area (Å²) >= 11 is 0. The Morgan fingerprint density at radius 3 is 2.83 bits per heavy atom. The molecule has 0 aromatic heterocycles. The van der Waals surface area contributed by atoms with Crippen LogP contribution in [0.4, 0.5) is 0 Å². The quantitative estimate of drug-likeness (QED) is 0.606. The lowest BCUT2D eigenvalue weighted by molar-refractivity contribution is 0.199. The first-order chi connectivity index (χ1) is 5.84. The molecule has 0 amide bonds. The first-order valence-electron chi connectivity index (χ1n) is 5.28. The molecule has 2 nitrogen and oxygen atoms in total. The summed E-state index contributed by atoms with van der Waals surface area (Å²) in [5.41, 5.74) is 0. The highest BCUT2D eigenvalue weighted by Gasteiger charge is 2.13. The molecule has 1 aliphatic rings. The van der Waals surface area contributed by atoms with Crippen LogP contribution < -0.4 is 0 Å². The van der Waals surface area contributed by atoms with Gasteiger partial charge in [0.25, 0.3) is 0 Å². The monoisotopic (exact) mass is 170 g/mol. The molecule has 0 N–H and O–H groups in total. The zero-order valence-electron chi connectivity index (χ0n) is 8.09. The first kappa shape index (κ1) is 10.0. The van der Waals surface area contributed by atoms with Crippen molar-refractivity contribution in [2.45, 2.75) is 57.9 Å². The summed E-state index contributed by atoms with van der Waals surface area (Å²) in [6.07, 6.45) is 8.39. The second-order valence-electron chi connectivity index (χ2n) is 3.79. The zero-order valence-corrected chi connectivity index (χ0v) is 8.09. The molecule has 1 saturated heterocycles. The number of hydroxylamine groups is 2. The maximum atomic E-state index is 11.3. The fourth-order valence-electron chi connectivity index (χ4n) is 1.89. The van der Waals surface area contributed by atoms with Gasteiger partial charge in [-0.25, -0.2) is 0 Å². The molecule has 1 fully saturated rings. The third-order valence-corrected chi connectivity index (χ3v) is 2.71. The molecule has 0 aromatic rings. The predicted molar refractivity (Wildman–Crippen MR) is 51.9 cm³/mol. The predicted octanol–water partition coefficient (Wildman–Crippen LogP) is 2.92. The van der Waals surface area contributed by atoms with Crippen molar-refractivity contribution in [1.82, 2.24) is 5.06 Å². The SMILES string of the molecule is CCCCCC1CCCCN1[O-].